The summed E-state index contributed by atoms with van der Waals surface area (Å²) < 4.78 is 4.90. The van der Waals surface area contributed by atoms with E-state index in [4.69, 9.17) is 15.6 Å². The summed E-state index contributed by atoms with van der Waals surface area (Å²) in [4.78, 5) is 4.15. The number of nitrogens with zero attached hydrogens (tertiary/aromatic N) is 1. The lowest BCUT2D eigenvalue weighted by Gasteiger charge is -2.10. The lowest BCUT2D eigenvalue weighted by Crippen LogP contribution is -2.17. The lowest BCUT2D eigenvalue weighted by atomic mass is 10.2. The molecule has 1 heterocycles. The largest absolute Gasteiger partial charge is 0.390 e. The van der Waals surface area contributed by atoms with Gasteiger partial charge in [0.2, 0.25) is 0 Å². The van der Waals surface area contributed by atoms with Crippen molar-refractivity contribution in [1.29, 1.82) is 0 Å². The Hall–Kier alpha value is -0.970. The first-order valence-corrected chi connectivity index (χ1v) is 4.09. The van der Waals surface area contributed by atoms with E-state index in [1.54, 1.807) is 13.2 Å². The third-order valence-electron chi connectivity index (χ3n) is 1.72. The molecule has 3 N–H and O–H groups in total. The predicted octanol–water partition coefficient (Wildman–Crippen LogP) is 0.220. The Morgan fingerprint density at radius 1 is 1.62 bits per heavy atom. The molecule has 13 heavy (non-hydrogen) atoms. The van der Waals surface area contributed by atoms with Gasteiger partial charge in [-0.2, -0.15) is 0 Å². The van der Waals surface area contributed by atoms with Gasteiger partial charge in [-0.05, 0) is 12.1 Å². The van der Waals surface area contributed by atoms with Crippen molar-refractivity contribution in [1.82, 2.24) is 4.98 Å². The van der Waals surface area contributed by atoms with E-state index in [1.807, 2.05) is 12.1 Å². The molecule has 4 nitrogen and oxygen atoms in total. The van der Waals surface area contributed by atoms with Gasteiger partial charge in [0, 0.05) is 7.11 Å². The maximum absolute atomic E-state index is 8.84. The minimum Gasteiger partial charge on any atom is -0.390 e. The van der Waals surface area contributed by atoms with Gasteiger partial charge in [-0.1, -0.05) is 6.07 Å². The summed E-state index contributed by atoms with van der Waals surface area (Å²) in [6.07, 6.45) is 0. The van der Waals surface area contributed by atoms with E-state index in [2.05, 4.69) is 4.98 Å². The van der Waals surface area contributed by atoms with Gasteiger partial charge in [0.15, 0.2) is 0 Å². The third kappa shape index (κ3) is 2.77. The molecule has 1 rings (SSSR count). The van der Waals surface area contributed by atoms with Gasteiger partial charge in [0.1, 0.15) is 0 Å². The molecule has 0 fully saturated rings. The molecule has 0 amide bonds. The normalized spacial score (nSPS) is 12.8. The quantitative estimate of drug-likeness (QED) is 0.699. The van der Waals surface area contributed by atoms with Gasteiger partial charge < -0.3 is 15.6 Å². The van der Waals surface area contributed by atoms with Crippen molar-refractivity contribution in [3.05, 3.63) is 29.6 Å². The first-order chi connectivity index (χ1) is 6.27. The van der Waals surface area contributed by atoms with E-state index in [9.17, 15) is 0 Å². The molecular formula is C9H14N2O2. The van der Waals surface area contributed by atoms with Crippen LogP contribution in [0.25, 0.3) is 0 Å². The highest BCUT2D eigenvalue weighted by atomic mass is 16.5. The zero-order valence-corrected chi connectivity index (χ0v) is 7.60. The van der Waals surface area contributed by atoms with Crippen LogP contribution in [0.1, 0.15) is 17.4 Å². The maximum atomic E-state index is 8.84. The molecule has 0 aliphatic heterocycles. The standard InChI is InChI=1S/C9H14N2O2/c1-13-6-8(10)9-4-2-3-7(5-12)11-9/h2-4,8,12H,5-6,10H2,1H3/t8-/m1/s1. The topological polar surface area (TPSA) is 68.4 Å². The highest BCUT2D eigenvalue weighted by Crippen LogP contribution is 2.08. The molecule has 0 saturated carbocycles. The van der Waals surface area contributed by atoms with Crippen LogP contribution < -0.4 is 5.73 Å². The molecule has 1 aromatic heterocycles. The third-order valence-corrected chi connectivity index (χ3v) is 1.72. The molecule has 0 unspecified atom stereocenters. The van der Waals surface area contributed by atoms with Gasteiger partial charge in [-0.25, -0.2) is 0 Å². The number of aromatic nitrogens is 1. The first-order valence-electron chi connectivity index (χ1n) is 4.09. The molecule has 0 aliphatic rings. The first kappa shape index (κ1) is 10.1. The van der Waals surface area contributed by atoms with Crippen LogP contribution in [0.5, 0.6) is 0 Å². The second-order valence-corrected chi connectivity index (χ2v) is 2.77. The Morgan fingerprint density at radius 3 is 3.00 bits per heavy atom. The number of pyridine rings is 1. The minimum absolute atomic E-state index is 0.0620. The second-order valence-electron chi connectivity index (χ2n) is 2.77. The molecule has 1 aromatic rings. The van der Waals surface area contributed by atoms with Crippen molar-refractivity contribution >= 4 is 0 Å². The Kier molecular flexibility index (Phi) is 3.82. The summed E-state index contributed by atoms with van der Waals surface area (Å²) >= 11 is 0. The van der Waals surface area contributed by atoms with Gasteiger partial charge in [-0.15, -0.1) is 0 Å². The van der Waals surface area contributed by atoms with Crippen molar-refractivity contribution < 1.29 is 9.84 Å². The average Bonchev–Trinajstić information content (AvgIpc) is 2.18. The number of aliphatic hydroxyl groups excluding tert-OH is 1. The molecule has 0 saturated heterocycles. The number of aliphatic hydroxyl groups is 1. The summed E-state index contributed by atoms with van der Waals surface area (Å²) in [5, 5.41) is 8.84. The molecule has 0 spiro atoms. The highest BCUT2D eigenvalue weighted by Gasteiger charge is 2.06. The van der Waals surface area contributed by atoms with Crippen LogP contribution in [0, 0.1) is 0 Å². The van der Waals surface area contributed by atoms with Crippen molar-refractivity contribution in [3.8, 4) is 0 Å². The Labute approximate surface area is 77.4 Å². The monoisotopic (exact) mass is 182 g/mol. The fraction of sp³-hybridized carbons (Fsp3) is 0.444. The van der Waals surface area contributed by atoms with Crippen LogP contribution in [0.3, 0.4) is 0 Å². The molecule has 1 atom stereocenters. The van der Waals surface area contributed by atoms with E-state index < -0.39 is 0 Å². The number of hydrogen-bond acceptors (Lipinski definition) is 4. The SMILES string of the molecule is COC[C@@H](N)c1cccc(CO)n1. The molecule has 4 heteroatoms. The van der Waals surface area contributed by atoms with E-state index in [0.29, 0.717) is 12.3 Å². The van der Waals surface area contributed by atoms with Crippen LogP contribution in [0.2, 0.25) is 0 Å². The molecule has 0 bridgehead atoms. The van der Waals surface area contributed by atoms with Crippen molar-refractivity contribution in [3.63, 3.8) is 0 Å². The highest BCUT2D eigenvalue weighted by molar-refractivity contribution is 5.13. The Balaban J connectivity index is 2.75. The number of ether oxygens (including phenoxy) is 1. The number of nitrogens with two attached hydrogens (primary N) is 1. The van der Waals surface area contributed by atoms with Gasteiger partial charge >= 0.3 is 0 Å². The van der Waals surface area contributed by atoms with Crippen LogP contribution in [0.15, 0.2) is 18.2 Å². The van der Waals surface area contributed by atoms with Gasteiger partial charge in [0.25, 0.3) is 0 Å². The summed E-state index contributed by atoms with van der Waals surface area (Å²) in [5.74, 6) is 0. The van der Waals surface area contributed by atoms with Crippen molar-refractivity contribution in [2.45, 2.75) is 12.6 Å². The smallest absolute Gasteiger partial charge is 0.0853 e. The van der Waals surface area contributed by atoms with Crippen LogP contribution >= 0.6 is 0 Å². The van der Waals surface area contributed by atoms with E-state index >= 15 is 0 Å². The zero-order chi connectivity index (χ0) is 9.68. The van der Waals surface area contributed by atoms with Crippen molar-refractivity contribution in [2.24, 2.45) is 5.73 Å². The van der Waals surface area contributed by atoms with E-state index in [0.717, 1.165) is 5.69 Å². The summed E-state index contributed by atoms with van der Waals surface area (Å²) in [5.41, 5.74) is 7.13. The summed E-state index contributed by atoms with van der Waals surface area (Å²) in [6, 6.07) is 5.17. The zero-order valence-electron chi connectivity index (χ0n) is 7.60. The number of rotatable bonds is 4. The van der Waals surface area contributed by atoms with E-state index in [-0.39, 0.29) is 12.6 Å². The molecular weight excluding hydrogens is 168 g/mol. The van der Waals surface area contributed by atoms with Gasteiger partial charge in [0.05, 0.1) is 30.6 Å². The lowest BCUT2D eigenvalue weighted by molar-refractivity contribution is 0.179. The van der Waals surface area contributed by atoms with Gasteiger partial charge in [-0.3, -0.25) is 4.98 Å². The predicted molar refractivity (Wildman–Crippen MR) is 49.0 cm³/mol. The van der Waals surface area contributed by atoms with Crippen molar-refractivity contribution in [2.75, 3.05) is 13.7 Å². The molecule has 72 valence electrons. The number of methoxy groups -OCH3 is 1. The fourth-order valence-corrected chi connectivity index (χ4v) is 1.06. The fourth-order valence-electron chi connectivity index (χ4n) is 1.06. The van der Waals surface area contributed by atoms with Crippen LogP contribution in [-0.4, -0.2) is 23.8 Å². The Bertz CT molecular complexity index is 266. The minimum atomic E-state index is -0.225. The summed E-state index contributed by atoms with van der Waals surface area (Å²) in [6.45, 7) is 0.370. The van der Waals surface area contributed by atoms with Crippen LogP contribution in [0.4, 0.5) is 0 Å². The molecule has 0 radical (unpaired) electrons. The molecule has 0 aromatic carbocycles. The van der Waals surface area contributed by atoms with E-state index in [1.165, 1.54) is 0 Å². The Morgan fingerprint density at radius 2 is 2.38 bits per heavy atom. The summed E-state index contributed by atoms with van der Waals surface area (Å²) in [7, 11) is 1.59. The van der Waals surface area contributed by atoms with Crippen LogP contribution in [-0.2, 0) is 11.3 Å². The second kappa shape index (κ2) is 4.91. The average molecular weight is 182 g/mol. The maximum Gasteiger partial charge on any atom is 0.0853 e. The molecule has 0 aliphatic carbocycles. The number of hydrogen-bond donors (Lipinski definition) is 2.